The van der Waals surface area contributed by atoms with E-state index < -0.39 is 5.97 Å². The number of carboxylic acid groups (broad SMARTS) is 1. The average molecular weight is 204 g/mol. The third-order valence-electron chi connectivity index (χ3n) is 1.62. The summed E-state index contributed by atoms with van der Waals surface area (Å²) in [6, 6.07) is 0. The van der Waals surface area contributed by atoms with Crippen LogP contribution in [0.5, 0.6) is 0 Å². The van der Waals surface area contributed by atoms with Crippen LogP contribution >= 0.6 is 0 Å². The maximum absolute atomic E-state index is 9.60. The monoisotopic (exact) mass is 204 g/mol. The fourth-order valence-electron chi connectivity index (χ4n) is 0.548. The van der Waals surface area contributed by atoms with Gasteiger partial charge in [-0.25, -0.2) is 4.79 Å². The van der Waals surface area contributed by atoms with Crippen molar-refractivity contribution in [1.82, 2.24) is 0 Å². The predicted molar refractivity (Wildman–Crippen MR) is 56.8 cm³/mol. The molecule has 0 rings (SSSR count). The van der Waals surface area contributed by atoms with Crippen molar-refractivity contribution >= 4 is 5.97 Å². The van der Waals surface area contributed by atoms with Gasteiger partial charge in [-0.1, -0.05) is 13.5 Å². The Hall–Kier alpha value is -0.870. The lowest BCUT2D eigenvalue weighted by Gasteiger charge is -2.28. The lowest BCUT2D eigenvalue weighted by atomic mass is 10.4. The Labute approximate surface area is 86.1 Å². The molecule has 14 heavy (non-hydrogen) atoms. The van der Waals surface area contributed by atoms with Crippen LogP contribution in [0.1, 0.15) is 20.3 Å². The van der Waals surface area contributed by atoms with Gasteiger partial charge in [-0.15, -0.1) is 0 Å². The van der Waals surface area contributed by atoms with Crippen molar-refractivity contribution < 1.29 is 19.5 Å². The molecule has 4 heteroatoms. The summed E-state index contributed by atoms with van der Waals surface area (Å²) in [5, 5.41) is 17.1. The number of rotatable bonds is 3. The molecular formula is C10H22NO3+. The third-order valence-corrected chi connectivity index (χ3v) is 1.62. The van der Waals surface area contributed by atoms with Crippen LogP contribution in [0.15, 0.2) is 12.2 Å². The Bertz CT molecular complexity index is 182. The Morgan fingerprint density at radius 3 is 1.71 bits per heavy atom. The number of aliphatic hydroxyl groups excluding tert-OH is 1. The van der Waals surface area contributed by atoms with E-state index >= 15 is 0 Å². The van der Waals surface area contributed by atoms with Crippen LogP contribution in [0.2, 0.25) is 0 Å². The average Bonchev–Trinajstić information content (AvgIpc) is 2.02. The van der Waals surface area contributed by atoms with Gasteiger partial charge in [-0.3, -0.25) is 0 Å². The lowest BCUT2D eigenvalue weighted by Crippen LogP contribution is -2.44. The highest BCUT2D eigenvalue weighted by Crippen LogP contribution is 2.01. The van der Waals surface area contributed by atoms with Crippen LogP contribution in [-0.4, -0.2) is 48.0 Å². The van der Waals surface area contributed by atoms with Crippen LogP contribution in [0.3, 0.4) is 0 Å². The van der Waals surface area contributed by atoms with E-state index in [2.05, 4.69) is 6.58 Å². The molecule has 0 aromatic rings. The highest BCUT2D eigenvalue weighted by molar-refractivity contribution is 5.84. The molecule has 2 N–H and O–H groups in total. The zero-order chi connectivity index (χ0) is 11.9. The predicted octanol–water partition coefficient (Wildman–Crippen LogP) is 1.07. The zero-order valence-corrected chi connectivity index (χ0v) is 9.74. The summed E-state index contributed by atoms with van der Waals surface area (Å²) in [5.41, 5.74) is 0.176. The van der Waals surface area contributed by atoms with Gasteiger partial charge in [0.1, 0.15) is 0 Å². The standard InChI is InChI=1S/C6H16NO.C4H6O2/c1-5-6(8)7(2,3)4;1-3(2)4(5)6/h6,8H,5H2,1-4H3;1H2,2H3,(H,5,6)/q+1;. The van der Waals surface area contributed by atoms with Crippen molar-refractivity contribution in [3.05, 3.63) is 12.2 Å². The van der Waals surface area contributed by atoms with Gasteiger partial charge in [-0.05, 0) is 6.92 Å². The van der Waals surface area contributed by atoms with Gasteiger partial charge < -0.3 is 14.7 Å². The summed E-state index contributed by atoms with van der Waals surface area (Å²) in [6.07, 6.45) is 0.610. The van der Waals surface area contributed by atoms with Crippen LogP contribution in [0.25, 0.3) is 0 Å². The Kier molecular flexibility index (Phi) is 7.31. The SMILES string of the molecule is C=C(C)C(=O)O.CCC(O)[N+](C)(C)C. The van der Waals surface area contributed by atoms with Crippen molar-refractivity contribution in [2.45, 2.75) is 26.5 Å². The molecule has 0 fully saturated rings. The van der Waals surface area contributed by atoms with Gasteiger partial charge in [0.25, 0.3) is 0 Å². The van der Waals surface area contributed by atoms with Crippen molar-refractivity contribution in [1.29, 1.82) is 0 Å². The van der Waals surface area contributed by atoms with Gasteiger partial charge in [0.15, 0.2) is 6.23 Å². The second-order valence-electron chi connectivity index (χ2n) is 4.09. The molecule has 0 aromatic carbocycles. The molecule has 84 valence electrons. The first-order chi connectivity index (χ1) is 6.12. The minimum atomic E-state index is -0.935. The second-order valence-corrected chi connectivity index (χ2v) is 4.09. The van der Waals surface area contributed by atoms with E-state index in [1.165, 1.54) is 6.92 Å². The first-order valence-electron chi connectivity index (χ1n) is 4.50. The summed E-state index contributed by atoms with van der Waals surface area (Å²) >= 11 is 0. The number of hydrogen-bond acceptors (Lipinski definition) is 2. The van der Waals surface area contributed by atoms with Crippen molar-refractivity contribution in [3.63, 3.8) is 0 Å². The molecule has 0 heterocycles. The van der Waals surface area contributed by atoms with E-state index in [1.54, 1.807) is 0 Å². The minimum absolute atomic E-state index is 0.176. The summed E-state index contributed by atoms with van der Waals surface area (Å²) < 4.78 is 0.635. The fraction of sp³-hybridized carbons (Fsp3) is 0.700. The van der Waals surface area contributed by atoms with Gasteiger partial charge >= 0.3 is 5.97 Å². The number of aliphatic carboxylic acids is 1. The quantitative estimate of drug-likeness (QED) is 0.411. The normalized spacial score (nSPS) is 12.4. The van der Waals surface area contributed by atoms with E-state index in [4.69, 9.17) is 10.2 Å². The molecule has 1 unspecified atom stereocenters. The van der Waals surface area contributed by atoms with Gasteiger partial charge in [0, 0.05) is 12.0 Å². The largest absolute Gasteiger partial charge is 0.478 e. The van der Waals surface area contributed by atoms with E-state index in [9.17, 15) is 4.79 Å². The smallest absolute Gasteiger partial charge is 0.330 e. The molecule has 0 aliphatic heterocycles. The Morgan fingerprint density at radius 2 is 1.71 bits per heavy atom. The molecule has 0 saturated heterocycles. The van der Waals surface area contributed by atoms with Crippen molar-refractivity contribution in [2.75, 3.05) is 21.1 Å². The Balaban J connectivity index is 0. The topological polar surface area (TPSA) is 57.5 Å². The summed E-state index contributed by atoms with van der Waals surface area (Å²) in [7, 11) is 5.94. The highest BCUT2D eigenvalue weighted by atomic mass is 16.4. The van der Waals surface area contributed by atoms with Crippen LogP contribution in [0, 0.1) is 0 Å². The zero-order valence-electron chi connectivity index (χ0n) is 9.74. The van der Waals surface area contributed by atoms with Crippen molar-refractivity contribution in [2.24, 2.45) is 0 Å². The van der Waals surface area contributed by atoms with E-state index in [1.807, 2.05) is 28.1 Å². The number of carboxylic acids is 1. The van der Waals surface area contributed by atoms with Crippen LogP contribution < -0.4 is 0 Å². The molecular weight excluding hydrogens is 182 g/mol. The number of nitrogens with zero attached hydrogens (tertiary/aromatic N) is 1. The third kappa shape index (κ3) is 9.22. The Morgan fingerprint density at radius 1 is 1.43 bits per heavy atom. The maximum Gasteiger partial charge on any atom is 0.330 e. The molecule has 0 radical (unpaired) electrons. The van der Waals surface area contributed by atoms with Gasteiger partial charge in [0.2, 0.25) is 0 Å². The van der Waals surface area contributed by atoms with Crippen LogP contribution in [-0.2, 0) is 4.79 Å². The lowest BCUT2D eigenvalue weighted by molar-refractivity contribution is -0.918. The summed E-state index contributed by atoms with van der Waals surface area (Å²) in [4.78, 5) is 9.60. The van der Waals surface area contributed by atoms with E-state index in [0.717, 1.165) is 6.42 Å². The maximum atomic E-state index is 9.60. The molecule has 1 atom stereocenters. The molecule has 0 bridgehead atoms. The van der Waals surface area contributed by atoms with Gasteiger partial charge in [-0.2, -0.15) is 0 Å². The number of quaternary nitrogens is 1. The minimum Gasteiger partial charge on any atom is -0.478 e. The molecule has 0 spiro atoms. The number of hydrogen-bond donors (Lipinski definition) is 2. The molecule has 4 nitrogen and oxygen atoms in total. The number of aliphatic hydroxyl groups is 1. The van der Waals surface area contributed by atoms with Crippen molar-refractivity contribution in [3.8, 4) is 0 Å². The first-order valence-corrected chi connectivity index (χ1v) is 4.50. The summed E-state index contributed by atoms with van der Waals surface area (Å²) in [5.74, 6) is -0.935. The molecule has 0 aliphatic carbocycles. The molecule has 0 aliphatic rings. The summed E-state index contributed by atoms with van der Waals surface area (Å²) in [6.45, 7) is 6.58. The van der Waals surface area contributed by atoms with Crippen LogP contribution in [0.4, 0.5) is 0 Å². The number of carbonyl (C=O) groups is 1. The molecule has 0 saturated carbocycles. The van der Waals surface area contributed by atoms with E-state index in [-0.39, 0.29) is 11.8 Å². The first kappa shape index (κ1) is 15.6. The molecule has 0 aromatic heterocycles. The highest BCUT2D eigenvalue weighted by Gasteiger charge is 2.16. The second kappa shape index (κ2) is 6.56. The fourth-order valence-corrected chi connectivity index (χ4v) is 0.548. The molecule has 0 amide bonds. The van der Waals surface area contributed by atoms with Gasteiger partial charge in [0.05, 0.1) is 21.1 Å². The van der Waals surface area contributed by atoms with E-state index in [0.29, 0.717) is 4.48 Å².